The molecule has 0 aliphatic rings. The van der Waals surface area contributed by atoms with Crippen LogP contribution in [0.25, 0.3) is 0 Å². The molecule has 3 aromatic rings. The van der Waals surface area contributed by atoms with Crippen molar-refractivity contribution in [2.75, 3.05) is 5.43 Å². The fourth-order valence-corrected chi connectivity index (χ4v) is 3.84. The SMILES string of the molecule is O=C(Oc1ccc([N+](=O)[O-])cc1)N(Nc1cccc(Cl)c1)S(=O)(=O)c1ccc(Cl)cc1. The van der Waals surface area contributed by atoms with Crippen LogP contribution < -0.4 is 10.2 Å². The number of halogens is 2. The molecule has 31 heavy (non-hydrogen) atoms. The maximum atomic E-state index is 13.1. The van der Waals surface area contributed by atoms with Crippen LogP contribution in [0.4, 0.5) is 16.2 Å². The number of nitrogens with one attached hydrogen (secondary N) is 1. The Balaban J connectivity index is 1.95. The van der Waals surface area contributed by atoms with E-state index in [1.807, 2.05) is 0 Å². The first-order valence-corrected chi connectivity index (χ1v) is 10.7. The van der Waals surface area contributed by atoms with Crippen LogP contribution in [-0.2, 0) is 10.0 Å². The molecular formula is C19H13Cl2N3O6S. The van der Waals surface area contributed by atoms with Crippen LogP contribution in [0.15, 0.2) is 77.7 Å². The number of carbonyl (C=O) groups is 1. The van der Waals surface area contributed by atoms with Gasteiger partial charge >= 0.3 is 6.09 Å². The highest BCUT2D eigenvalue weighted by molar-refractivity contribution is 7.89. The zero-order chi connectivity index (χ0) is 22.6. The number of benzene rings is 3. The summed E-state index contributed by atoms with van der Waals surface area (Å²) in [5, 5.41) is 11.4. The van der Waals surface area contributed by atoms with E-state index in [4.69, 9.17) is 27.9 Å². The zero-order valence-electron chi connectivity index (χ0n) is 15.4. The monoisotopic (exact) mass is 481 g/mol. The molecule has 0 aromatic heterocycles. The van der Waals surface area contributed by atoms with Crippen LogP contribution in [0.3, 0.4) is 0 Å². The van der Waals surface area contributed by atoms with Crippen molar-refractivity contribution in [2.24, 2.45) is 0 Å². The van der Waals surface area contributed by atoms with E-state index in [2.05, 4.69) is 5.43 Å². The van der Waals surface area contributed by atoms with Crippen molar-refractivity contribution < 1.29 is 22.9 Å². The van der Waals surface area contributed by atoms with Gasteiger partial charge in [-0.1, -0.05) is 29.3 Å². The van der Waals surface area contributed by atoms with E-state index in [-0.39, 0.29) is 22.0 Å². The number of rotatable bonds is 6. The molecule has 12 heteroatoms. The van der Waals surface area contributed by atoms with Gasteiger partial charge in [-0.05, 0) is 54.6 Å². The Kier molecular flexibility index (Phi) is 6.64. The molecule has 0 aliphatic heterocycles. The molecule has 0 heterocycles. The minimum atomic E-state index is -4.43. The molecule has 0 bridgehead atoms. The molecule has 0 saturated carbocycles. The number of amides is 1. The van der Waals surface area contributed by atoms with Crippen LogP contribution in [0.2, 0.25) is 10.0 Å². The molecule has 0 atom stereocenters. The summed E-state index contributed by atoms with van der Waals surface area (Å²) in [4.78, 5) is 22.7. The van der Waals surface area contributed by atoms with Crippen molar-refractivity contribution in [2.45, 2.75) is 4.90 Å². The van der Waals surface area contributed by atoms with Gasteiger partial charge in [0.15, 0.2) is 0 Å². The predicted octanol–water partition coefficient (Wildman–Crippen LogP) is 5.12. The number of hydrogen-bond acceptors (Lipinski definition) is 7. The largest absolute Gasteiger partial charge is 0.449 e. The first kappa shape index (κ1) is 22.3. The Morgan fingerprint density at radius 1 is 0.968 bits per heavy atom. The number of nitro groups is 1. The Hall–Kier alpha value is -3.34. The van der Waals surface area contributed by atoms with Gasteiger partial charge in [-0.2, -0.15) is 8.42 Å². The summed E-state index contributed by atoms with van der Waals surface area (Å²) < 4.78 is 31.6. The Bertz CT molecular complexity index is 1220. The molecule has 0 unspecified atom stereocenters. The summed E-state index contributed by atoms with van der Waals surface area (Å²) in [6, 6.07) is 15.8. The van der Waals surface area contributed by atoms with E-state index in [0.29, 0.717) is 14.5 Å². The van der Waals surface area contributed by atoms with Gasteiger partial charge in [-0.15, -0.1) is 4.41 Å². The summed E-state index contributed by atoms with van der Waals surface area (Å²) in [7, 11) is -4.43. The molecule has 0 aliphatic carbocycles. The number of hydrazine groups is 1. The predicted molar refractivity (Wildman–Crippen MR) is 115 cm³/mol. The normalized spacial score (nSPS) is 10.9. The van der Waals surface area contributed by atoms with Crippen molar-refractivity contribution in [3.8, 4) is 5.75 Å². The molecular weight excluding hydrogens is 469 g/mol. The van der Waals surface area contributed by atoms with Gasteiger partial charge < -0.3 is 4.74 Å². The van der Waals surface area contributed by atoms with Gasteiger partial charge in [-0.3, -0.25) is 15.5 Å². The molecule has 0 radical (unpaired) electrons. The zero-order valence-corrected chi connectivity index (χ0v) is 17.8. The number of sulfonamides is 1. The highest BCUT2D eigenvalue weighted by Crippen LogP contribution is 2.24. The second kappa shape index (κ2) is 9.21. The van der Waals surface area contributed by atoms with Gasteiger partial charge in [0, 0.05) is 22.2 Å². The molecule has 160 valence electrons. The van der Waals surface area contributed by atoms with Crippen molar-refractivity contribution in [1.29, 1.82) is 0 Å². The minimum Gasteiger partial charge on any atom is -0.408 e. The maximum absolute atomic E-state index is 13.1. The number of nitrogens with zero attached hydrogens (tertiary/aromatic N) is 2. The number of hydrogen-bond donors (Lipinski definition) is 1. The lowest BCUT2D eigenvalue weighted by atomic mass is 10.3. The molecule has 1 N–H and O–H groups in total. The fraction of sp³-hybridized carbons (Fsp3) is 0. The topological polar surface area (TPSA) is 119 Å². The van der Waals surface area contributed by atoms with Gasteiger partial charge in [0.25, 0.3) is 15.7 Å². The molecule has 0 fully saturated rings. The van der Waals surface area contributed by atoms with E-state index < -0.39 is 21.0 Å². The third-order valence-electron chi connectivity index (χ3n) is 3.83. The lowest BCUT2D eigenvalue weighted by Crippen LogP contribution is -2.43. The van der Waals surface area contributed by atoms with Gasteiger partial charge in [0.1, 0.15) is 5.75 Å². The van der Waals surface area contributed by atoms with E-state index in [9.17, 15) is 23.3 Å². The average molecular weight is 482 g/mol. The summed E-state index contributed by atoms with van der Waals surface area (Å²) in [6.07, 6.45) is -1.30. The van der Waals surface area contributed by atoms with Crippen molar-refractivity contribution in [3.63, 3.8) is 0 Å². The van der Waals surface area contributed by atoms with E-state index in [1.54, 1.807) is 12.1 Å². The number of ether oxygens (including phenoxy) is 1. The molecule has 1 amide bonds. The van der Waals surface area contributed by atoms with Gasteiger partial charge in [0.2, 0.25) is 0 Å². The third kappa shape index (κ3) is 5.43. The lowest BCUT2D eigenvalue weighted by Gasteiger charge is -2.23. The Morgan fingerprint density at radius 2 is 1.61 bits per heavy atom. The smallest absolute Gasteiger partial charge is 0.408 e. The minimum absolute atomic E-state index is 0.0974. The second-order valence-corrected chi connectivity index (χ2v) is 8.62. The lowest BCUT2D eigenvalue weighted by molar-refractivity contribution is -0.384. The van der Waals surface area contributed by atoms with Crippen LogP contribution in [0, 0.1) is 10.1 Å². The molecule has 3 rings (SSSR count). The van der Waals surface area contributed by atoms with Crippen LogP contribution in [-0.4, -0.2) is 23.8 Å². The average Bonchev–Trinajstić information content (AvgIpc) is 2.72. The Labute approximate surface area is 186 Å². The van der Waals surface area contributed by atoms with Crippen LogP contribution in [0.5, 0.6) is 5.75 Å². The first-order chi connectivity index (χ1) is 14.7. The summed E-state index contributed by atoms with van der Waals surface area (Å²) in [6.45, 7) is 0. The number of carbonyl (C=O) groups excluding carboxylic acids is 1. The van der Waals surface area contributed by atoms with E-state index in [0.717, 1.165) is 12.1 Å². The Morgan fingerprint density at radius 3 is 2.19 bits per heavy atom. The molecule has 0 saturated heterocycles. The van der Waals surface area contributed by atoms with Crippen LogP contribution in [0.1, 0.15) is 0 Å². The number of anilines is 1. The number of non-ortho nitro benzene ring substituents is 1. The first-order valence-electron chi connectivity index (χ1n) is 8.46. The van der Waals surface area contributed by atoms with E-state index in [1.165, 1.54) is 48.5 Å². The van der Waals surface area contributed by atoms with Crippen molar-refractivity contribution >= 4 is 50.7 Å². The number of nitro benzene ring substituents is 1. The summed E-state index contributed by atoms with van der Waals surface area (Å²) in [5.74, 6) is -0.0974. The molecule has 3 aromatic carbocycles. The van der Waals surface area contributed by atoms with Crippen molar-refractivity contribution in [1.82, 2.24) is 4.41 Å². The van der Waals surface area contributed by atoms with E-state index >= 15 is 0 Å². The quantitative estimate of drug-likeness (QED) is 0.383. The van der Waals surface area contributed by atoms with Gasteiger partial charge in [-0.25, -0.2) is 4.79 Å². The second-order valence-electron chi connectivity index (χ2n) is 5.96. The summed E-state index contributed by atoms with van der Waals surface area (Å²) >= 11 is 11.7. The van der Waals surface area contributed by atoms with Gasteiger partial charge in [0.05, 0.1) is 15.5 Å². The standard InChI is InChI=1S/C19H13Cl2N3O6S/c20-13-4-10-18(11-5-13)31(28,29)23(22-15-3-1-2-14(21)12-15)19(25)30-17-8-6-16(7-9-17)24(26)27/h1-12,22H. The molecule has 9 nitrogen and oxygen atoms in total. The summed E-state index contributed by atoms with van der Waals surface area (Å²) in [5.41, 5.74) is 2.45. The highest BCUT2D eigenvalue weighted by Gasteiger charge is 2.32. The van der Waals surface area contributed by atoms with Crippen molar-refractivity contribution in [3.05, 3.63) is 93.0 Å². The molecule has 0 spiro atoms. The van der Waals surface area contributed by atoms with Crippen LogP contribution >= 0.6 is 23.2 Å². The highest BCUT2D eigenvalue weighted by atomic mass is 35.5. The fourth-order valence-electron chi connectivity index (χ4n) is 2.37. The maximum Gasteiger partial charge on any atom is 0.449 e. The third-order valence-corrected chi connectivity index (χ3v) is 5.90.